The second kappa shape index (κ2) is 4.51. The molecule has 3 nitrogen and oxygen atoms in total. The molecule has 0 radical (unpaired) electrons. The summed E-state index contributed by atoms with van der Waals surface area (Å²) >= 11 is 3.46. The molecule has 1 fully saturated rings. The summed E-state index contributed by atoms with van der Waals surface area (Å²) in [7, 11) is 0. The Balaban J connectivity index is 1.99. The number of aliphatic hydroxyl groups is 1. The molecule has 2 N–H and O–H groups in total. The maximum atomic E-state index is 10.4. The van der Waals surface area contributed by atoms with E-state index in [1.807, 2.05) is 18.2 Å². The van der Waals surface area contributed by atoms with Gasteiger partial charge in [0.15, 0.2) is 0 Å². The number of aliphatic hydroxyl groups excluding tert-OH is 1. The molecule has 0 aliphatic carbocycles. The van der Waals surface area contributed by atoms with Crippen LogP contribution in [0.25, 0.3) is 0 Å². The second-order valence-electron chi connectivity index (χ2n) is 5.42. The van der Waals surface area contributed by atoms with Crippen LogP contribution in [0, 0.1) is 5.92 Å². The lowest BCUT2D eigenvalue weighted by molar-refractivity contribution is -0.0659. The zero-order valence-corrected chi connectivity index (χ0v) is 12.0. The Kier molecular flexibility index (Phi) is 3.12. The van der Waals surface area contributed by atoms with Crippen molar-refractivity contribution in [2.45, 2.75) is 31.5 Å². The molecule has 18 heavy (non-hydrogen) atoms. The Morgan fingerprint density at radius 3 is 3.11 bits per heavy atom. The van der Waals surface area contributed by atoms with Gasteiger partial charge >= 0.3 is 0 Å². The molecular formula is C14H18BrNO2. The van der Waals surface area contributed by atoms with Gasteiger partial charge in [0, 0.05) is 28.9 Å². The van der Waals surface area contributed by atoms with Gasteiger partial charge in [0.05, 0.1) is 6.10 Å². The van der Waals surface area contributed by atoms with Crippen LogP contribution in [0.2, 0.25) is 0 Å². The van der Waals surface area contributed by atoms with Crippen LogP contribution in [-0.4, -0.2) is 23.8 Å². The molecule has 2 aliphatic heterocycles. The van der Waals surface area contributed by atoms with E-state index in [-0.39, 0.29) is 5.60 Å². The van der Waals surface area contributed by atoms with E-state index in [9.17, 15) is 5.11 Å². The van der Waals surface area contributed by atoms with Crippen molar-refractivity contribution >= 4 is 15.9 Å². The van der Waals surface area contributed by atoms with Gasteiger partial charge in [-0.15, -0.1) is 0 Å². The van der Waals surface area contributed by atoms with E-state index in [0.717, 1.165) is 35.3 Å². The number of hydrogen-bond donors (Lipinski definition) is 2. The maximum absolute atomic E-state index is 10.4. The largest absolute Gasteiger partial charge is 0.486 e. The second-order valence-corrected chi connectivity index (χ2v) is 6.34. The molecule has 1 spiro atoms. The fourth-order valence-electron chi connectivity index (χ4n) is 3.08. The quantitative estimate of drug-likeness (QED) is 0.774. The van der Waals surface area contributed by atoms with Crippen molar-refractivity contribution in [1.29, 1.82) is 0 Å². The van der Waals surface area contributed by atoms with E-state index in [1.165, 1.54) is 0 Å². The third-order valence-electron chi connectivity index (χ3n) is 4.26. The summed E-state index contributed by atoms with van der Waals surface area (Å²) in [5.74, 6) is 1.24. The van der Waals surface area contributed by atoms with E-state index in [2.05, 4.69) is 28.2 Å². The zero-order chi connectivity index (χ0) is 12.8. The molecule has 0 bridgehead atoms. The van der Waals surface area contributed by atoms with Crippen LogP contribution in [-0.2, 0) is 0 Å². The van der Waals surface area contributed by atoms with Gasteiger partial charge in [-0.05, 0) is 25.1 Å². The third-order valence-corrected chi connectivity index (χ3v) is 4.75. The average Bonchev–Trinajstić information content (AvgIpc) is 2.32. The van der Waals surface area contributed by atoms with Crippen LogP contribution in [0.3, 0.4) is 0 Å². The van der Waals surface area contributed by atoms with Crippen molar-refractivity contribution in [3.05, 3.63) is 28.2 Å². The lowest BCUT2D eigenvalue weighted by Crippen LogP contribution is -2.55. The van der Waals surface area contributed by atoms with Crippen LogP contribution in [0.1, 0.15) is 31.4 Å². The van der Waals surface area contributed by atoms with Gasteiger partial charge in [0.1, 0.15) is 11.4 Å². The molecule has 1 aromatic carbocycles. The minimum absolute atomic E-state index is 0.210. The number of halogens is 1. The summed E-state index contributed by atoms with van der Waals surface area (Å²) in [4.78, 5) is 0. The molecule has 3 rings (SSSR count). The first-order chi connectivity index (χ1) is 8.61. The molecule has 4 heteroatoms. The summed E-state index contributed by atoms with van der Waals surface area (Å²) in [6.07, 6.45) is 1.24. The highest BCUT2D eigenvalue weighted by Gasteiger charge is 2.45. The standard InChI is InChI=1S/C14H18BrNO2/c1-9-8-16-5-4-14(9)7-12(17)11-3-2-10(15)6-13(11)18-14/h2-3,6,9,12,16-17H,4-5,7-8H2,1H3. The number of nitrogens with one attached hydrogen (secondary N) is 1. The fourth-order valence-corrected chi connectivity index (χ4v) is 3.42. The first-order valence-electron chi connectivity index (χ1n) is 6.48. The van der Waals surface area contributed by atoms with Crippen molar-refractivity contribution in [2.75, 3.05) is 13.1 Å². The molecule has 1 saturated heterocycles. The van der Waals surface area contributed by atoms with Gasteiger partial charge in [0.2, 0.25) is 0 Å². The first-order valence-corrected chi connectivity index (χ1v) is 7.27. The van der Waals surface area contributed by atoms with Crippen molar-refractivity contribution in [3.8, 4) is 5.75 Å². The predicted molar refractivity (Wildman–Crippen MR) is 73.7 cm³/mol. The molecule has 3 atom stereocenters. The Bertz CT molecular complexity index is 465. The predicted octanol–water partition coefficient (Wildman–Crippen LogP) is 2.63. The van der Waals surface area contributed by atoms with E-state index >= 15 is 0 Å². The highest BCUT2D eigenvalue weighted by molar-refractivity contribution is 9.10. The summed E-state index contributed by atoms with van der Waals surface area (Å²) in [6.45, 7) is 4.11. The molecule has 0 aromatic heterocycles. The third kappa shape index (κ3) is 1.96. The van der Waals surface area contributed by atoms with Crippen molar-refractivity contribution in [1.82, 2.24) is 5.32 Å². The molecular weight excluding hydrogens is 294 g/mol. The van der Waals surface area contributed by atoms with Gasteiger partial charge in [0.25, 0.3) is 0 Å². The summed E-state index contributed by atoms with van der Waals surface area (Å²) in [6, 6.07) is 5.87. The fraction of sp³-hybridized carbons (Fsp3) is 0.571. The van der Waals surface area contributed by atoms with E-state index in [4.69, 9.17) is 4.74 Å². The number of hydrogen-bond acceptors (Lipinski definition) is 3. The lowest BCUT2D eigenvalue weighted by atomic mass is 9.76. The van der Waals surface area contributed by atoms with Gasteiger partial charge < -0.3 is 15.2 Å². The highest BCUT2D eigenvalue weighted by Crippen LogP contribution is 2.46. The number of fused-ring (bicyclic) bond motifs is 1. The topological polar surface area (TPSA) is 41.5 Å². The lowest BCUT2D eigenvalue weighted by Gasteiger charge is -2.47. The van der Waals surface area contributed by atoms with E-state index in [0.29, 0.717) is 12.3 Å². The van der Waals surface area contributed by atoms with Gasteiger partial charge in [-0.25, -0.2) is 0 Å². The summed E-state index contributed by atoms with van der Waals surface area (Å²) in [5, 5.41) is 13.8. The molecule has 0 amide bonds. The van der Waals surface area contributed by atoms with E-state index < -0.39 is 6.10 Å². The minimum Gasteiger partial charge on any atom is -0.486 e. The van der Waals surface area contributed by atoms with E-state index in [1.54, 1.807) is 0 Å². The number of rotatable bonds is 0. The van der Waals surface area contributed by atoms with Crippen molar-refractivity contribution in [2.24, 2.45) is 5.92 Å². The Morgan fingerprint density at radius 1 is 1.50 bits per heavy atom. The summed E-state index contributed by atoms with van der Waals surface area (Å²) in [5.41, 5.74) is 0.702. The molecule has 3 unspecified atom stereocenters. The van der Waals surface area contributed by atoms with Gasteiger partial charge in [-0.1, -0.05) is 28.9 Å². The first kappa shape index (κ1) is 12.5. The number of ether oxygens (including phenoxy) is 1. The molecule has 1 aromatic rings. The molecule has 0 saturated carbocycles. The number of benzene rings is 1. The van der Waals surface area contributed by atoms with Crippen LogP contribution >= 0.6 is 15.9 Å². The molecule has 98 valence electrons. The van der Waals surface area contributed by atoms with Crippen LogP contribution in [0.5, 0.6) is 5.75 Å². The van der Waals surface area contributed by atoms with Crippen LogP contribution < -0.4 is 10.1 Å². The van der Waals surface area contributed by atoms with Crippen molar-refractivity contribution < 1.29 is 9.84 Å². The zero-order valence-electron chi connectivity index (χ0n) is 10.4. The van der Waals surface area contributed by atoms with Crippen LogP contribution in [0.4, 0.5) is 0 Å². The number of piperidine rings is 1. The van der Waals surface area contributed by atoms with Crippen molar-refractivity contribution in [3.63, 3.8) is 0 Å². The SMILES string of the molecule is CC1CNCCC12CC(O)c1ccc(Br)cc1O2. The molecule has 2 heterocycles. The smallest absolute Gasteiger partial charge is 0.127 e. The Labute approximate surface area is 116 Å². The Hall–Kier alpha value is -0.580. The Morgan fingerprint density at radius 2 is 2.33 bits per heavy atom. The highest BCUT2D eigenvalue weighted by atomic mass is 79.9. The maximum Gasteiger partial charge on any atom is 0.127 e. The van der Waals surface area contributed by atoms with Crippen LogP contribution in [0.15, 0.2) is 22.7 Å². The van der Waals surface area contributed by atoms with Gasteiger partial charge in [-0.2, -0.15) is 0 Å². The van der Waals surface area contributed by atoms with Gasteiger partial charge in [-0.3, -0.25) is 0 Å². The monoisotopic (exact) mass is 311 g/mol. The molecule has 2 aliphatic rings. The normalized spacial score (nSPS) is 35.1. The summed E-state index contributed by atoms with van der Waals surface area (Å²) < 4.78 is 7.29. The minimum atomic E-state index is -0.414. The average molecular weight is 312 g/mol.